The lowest BCUT2D eigenvalue weighted by Gasteiger charge is -2.09. The van der Waals surface area contributed by atoms with Crippen LogP contribution in [0.3, 0.4) is 0 Å². The quantitative estimate of drug-likeness (QED) is 0.388. The minimum atomic E-state index is -0.642. The second kappa shape index (κ2) is 11.9. The van der Waals surface area contributed by atoms with Crippen molar-refractivity contribution in [3.63, 3.8) is 0 Å². The van der Waals surface area contributed by atoms with Crippen LogP contribution >= 0.6 is 11.3 Å². The Morgan fingerprint density at radius 1 is 1.03 bits per heavy atom. The van der Waals surface area contributed by atoms with Crippen molar-refractivity contribution in [1.29, 1.82) is 5.26 Å². The largest absolute Gasteiger partial charge is 0.495 e. The van der Waals surface area contributed by atoms with Crippen LogP contribution in [0.5, 0.6) is 11.5 Å². The summed E-state index contributed by atoms with van der Waals surface area (Å²) >= 11 is 1.08. The van der Waals surface area contributed by atoms with Crippen LogP contribution in [-0.4, -0.2) is 24.2 Å². The van der Waals surface area contributed by atoms with E-state index >= 15 is 0 Å². The van der Waals surface area contributed by atoms with Gasteiger partial charge in [-0.25, -0.2) is 0 Å². The molecule has 1 N–H and O–H groups in total. The number of para-hydroxylation sites is 4. The van der Waals surface area contributed by atoms with E-state index in [9.17, 15) is 14.9 Å². The van der Waals surface area contributed by atoms with Crippen molar-refractivity contribution in [2.75, 3.05) is 19.0 Å². The first-order chi connectivity index (χ1) is 18.1. The molecule has 0 aliphatic heterocycles. The Morgan fingerprint density at radius 2 is 1.70 bits per heavy atom. The number of nitrogens with one attached hydrogen (secondary N) is 1. The van der Waals surface area contributed by atoms with E-state index in [1.165, 1.54) is 11.7 Å². The highest BCUT2D eigenvalue weighted by Crippen LogP contribution is 2.23. The molecule has 1 aromatic heterocycles. The first-order valence-corrected chi connectivity index (χ1v) is 12.5. The zero-order chi connectivity index (χ0) is 26.2. The average Bonchev–Trinajstić information content (AvgIpc) is 3.24. The number of ether oxygens (including phenoxy) is 2. The van der Waals surface area contributed by atoms with Crippen LogP contribution in [0.1, 0.15) is 18.9 Å². The molecule has 0 saturated carbocycles. The van der Waals surface area contributed by atoms with Gasteiger partial charge >= 0.3 is 0 Å². The van der Waals surface area contributed by atoms with Crippen molar-refractivity contribution in [1.82, 2.24) is 4.57 Å². The number of aromatic nitrogens is 1. The van der Waals surface area contributed by atoms with Crippen LogP contribution in [0.25, 0.3) is 17.3 Å². The first-order valence-electron chi connectivity index (χ1n) is 11.7. The van der Waals surface area contributed by atoms with Gasteiger partial charge < -0.3 is 14.8 Å². The van der Waals surface area contributed by atoms with E-state index < -0.39 is 5.91 Å². The third-order valence-electron chi connectivity index (χ3n) is 5.41. The molecule has 0 fully saturated rings. The fraction of sp³-hybridized carbons (Fsp3) is 0.138. The number of hydrogen-bond donors (Lipinski definition) is 1. The molecule has 37 heavy (non-hydrogen) atoms. The molecular formula is C29H25N3O4S. The van der Waals surface area contributed by atoms with Gasteiger partial charge in [0.2, 0.25) is 0 Å². The molecule has 1 amide bonds. The number of anilines is 1. The summed E-state index contributed by atoms with van der Waals surface area (Å²) in [5.41, 5.74) is 1.17. The van der Waals surface area contributed by atoms with Crippen LogP contribution in [0, 0.1) is 11.3 Å². The van der Waals surface area contributed by atoms with Gasteiger partial charge in [-0.1, -0.05) is 55.5 Å². The molecule has 1 heterocycles. The highest BCUT2D eigenvalue weighted by molar-refractivity contribution is 7.07. The van der Waals surface area contributed by atoms with Gasteiger partial charge in [0.05, 0.1) is 29.6 Å². The summed E-state index contributed by atoms with van der Waals surface area (Å²) in [5, 5.41) is 12.8. The Balaban J connectivity index is 1.94. The van der Waals surface area contributed by atoms with Crippen molar-refractivity contribution in [3.8, 4) is 23.3 Å². The summed E-state index contributed by atoms with van der Waals surface area (Å²) in [5.74, 6) is 0.469. The number of carbonyl (C=O) groups is 1. The summed E-state index contributed by atoms with van der Waals surface area (Å²) in [6.45, 7) is 2.57. The molecule has 3 aromatic carbocycles. The van der Waals surface area contributed by atoms with Gasteiger partial charge in [-0.15, -0.1) is 11.3 Å². The second-order valence-electron chi connectivity index (χ2n) is 7.92. The number of rotatable bonds is 8. The van der Waals surface area contributed by atoms with Crippen molar-refractivity contribution < 1.29 is 14.3 Å². The predicted octanol–water partition coefficient (Wildman–Crippen LogP) is 3.84. The lowest BCUT2D eigenvalue weighted by atomic mass is 10.2. The van der Waals surface area contributed by atoms with Crippen LogP contribution in [0.4, 0.5) is 5.69 Å². The maximum atomic E-state index is 13.6. The molecule has 0 unspecified atom stereocenters. The van der Waals surface area contributed by atoms with Gasteiger partial charge in [-0.05, 0) is 42.8 Å². The molecule has 8 heteroatoms. The summed E-state index contributed by atoms with van der Waals surface area (Å²) in [4.78, 5) is 26.9. The summed E-state index contributed by atoms with van der Waals surface area (Å²) in [6.07, 6.45) is 2.58. The van der Waals surface area contributed by atoms with Gasteiger partial charge in [-0.2, -0.15) is 5.26 Å². The summed E-state index contributed by atoms with van der Waals surface area (Å²) in [6, 6.07) is 25.3. The van der Waals surface area contributed by atoms with E-state index in [4.69, 9.17) is 9.47 Å². The molecule has 4 rings (SSSR count). The number of nitriles is 1. The molecule has 0 spiro atoms. The number of benzene rings is 3. The van der Waals surface area contributed by atoms with Gasteiger partial charge in [0.15, 0.2) is 5.57 Å². The highest BCUT2D eigenvalue weighted by atomic mass is 32.1. The van der Waals surface area contributed by atoms with Gasteiger partial charge in [0, 0.05) is 5.56 Å². The van der Waals surface area contributed by atoms with Crippen LogP contribution in [0.2, 0.25) is 0 Å². The Bertz CT molecular complexity index is 1630. The van der Waals surface area contributed by atoms with Crippen LogP contribution < -0.4 is 29.5 Å². The van der Waals surface area contributed by atoms with E-state index in [1.54, 1.807) is 54.6 Å². The Kier molecular flexibility index (Phi) is 8.18. The van der Waals surface area contributed by atoms with E-state index in [2.05, 4.69) is 5.32 Å². The predicted molar refractivity (Wildman–Crippen MR) is 146 cm³/mol. The molecule has 7 nitrogen and oxygen atoms in total. The Hall–Kier alpha value is -4.61. The third-order valence-corrected chi connectivity index (χ3v) is 6.51. The van der Waals surface area contributed by atoms with E-state index in [1.807, 2.05) is 43.3 Å². The molecule has 0 saturated heterocycles. The molecule has 186 valence electrons. The monoisotopic (exact) mass is 511 g/mol. The average molecular weight is 512 g/mol. The highest BCUT2D eigenvalue weighted by Gasteiger charge is 2.18. The molecule has 0 aliphatic rings. The minimum Gasteiger partial charge on any atom is -0.495 e. The number of carbonyl (C=O) groups excluding carboxylic acids is 1. The van der Waals surface area contributed by atoms with Gasteiger partial charge in [0.1, 0.15) is 22.2 Å². The first kappa shape index (κ1) is 25.5. The molecule has 0 atom stereocenters. The fourth-order valence-corrected chi connectivity index (χ4v) is 4.77. The van der Waals surface area contributed by atoms with Crippen molar-refractivity contribution in [3.05, 3.63) is 104 Å². The smallest absolute Gasteiger partial charge is 0.273 e. The topological polar surface area (TPSA) is 93.3 Å². The van der Waals surface area contributed by atoms with E-state index in [-0.39, 0.29) is 15.8 Å². The number of nitrogens with zero attached hydrogens (tertiary/aromatic N) is 2. The Morgan fingerprint density at radius 3 is 2.41 bits per heavy atom. The summed E-state index contributed by atoms with van der Waals surface area (Å²) < 4.78 is 13.1. The van der Waals surface area contributed by atoms with E-state index in [0.29, 0.717) is 34.0 Å². The third kappa shape index (κ3) is 5.63. The van der Waals surface area contributed by atoms with Crippen molar-refractivity contribution >= 4 is 34.6 Å². The van der Waals surface area contributed by atoms with Gasteiger partial charge in [-0.3, -0.25) is 14.2 Å². The Labute approximate surface area is 218 Å². The molecular weight excluding hydrogens is 486 g/mol. The van der Waals surface area contributed by atoms with Crippen LogP contribution in [-0.2, 0) is 4.79 Å². The maximum Gasteiger partial charge on any atom is 0.273 e. The normalized spacial score (nSPS) is 12.0. The minimum absolute atomic E-state index is 0.188. The zero-order valence-corrected chi connectivity index (χ0v) is 21.2. The zero-order valence-electron chi connectivity index (χ0n) is 20.4. The second-order valence-corrected chi connectivity index (χ2v) is 8.95. The molecule has 0 radical (unpaired) electrons. The molecule has 4 aromatic rings. The van der Waals surface area contributed by atoms with E-state index in [0.717, 1.165) is 23.3 Å². The lowest BCUT2D eigenvalue weighted by molar-refractivity contribution is -0.111. The molecule has 0 bridgehead atoms. The summed E-state index contributed by atoms with van der Waals surface area (Å²) in [7, 11) is 1.50. The standard InChI is InChI=1S/C29H25N3O4S/c1-3-17-36-24-15-9-7-11-20(24)18-26-28(34)32(21-12-5-4-6-13-21)29(37-26)22(19-30)27(33)31-23-14-8-10-16-25(23)35-2/h4-16,18H,3,17H2,1-2H3,(H,31,33)/b26-18+,29-22-. The SMILES string of the molecule is CCCOc1ccccc1/C=c1/s/c(=C(/C#N)C(=O)Nc2ccccc2OC)n(-c2ccccc2)c1=O. The molecule has 0 aliphatic carbocycles. The number of methoxy groups -OCH3 is 1. The fourth-order valence-electron chi connectivity index (χ4n) is 3.67. The number of thiazole rings is 1. The van der Waals surface area contributed by atoms with Crippen molar-refractivity contribution in [2.24, 2.45) is 0 Å². The maximum absolute atomic E-state index is 13.6. The van der Waals surface area contributed by atoms with Gasteiger partial charge in [0.25, 0.3) is 11.5 Å². The lowest BCUT2D eigenvalue weighted by Crippen LogP contribution is -2.32. The number of hydrogen-bond acceptors (Lipinski definition) is 6. The van der Waals surface area contributed by atoms with Crippen molar-refractivity contribution in [2.45, 2.75) is 13.3 Å². The van der Waals surface area contributed by atoms with Crippen LogP contribution in [0.15, 0.2) is 83.7 Å². The number of amides is 1.